The number of hydrogen-bond donors (Lipinski definition) is 1. The minimum Gasteiger partial charge on any atom is -1.00 e. The molecule has 0 aliphatic carbocycles. The van der Waals surface area contributed by atoms with Gasteiger partial charge >= 0.3 is 17.9 Å². The quantitative estimate of drug-likeness (QED) is 0.170. The van der Waals surface area contributed by atoms with Crippen molar-refractivity contribution in [3.63, 3.8) is 0 Å². The summed E-state index contributed by atoms with van der Waals surface area (Å²) in [6.45, 7) is 6.74. The maximum Gasteiger partial charge on any atom is 0.306 e. The lowest BCUT2D eigenvalue weighted by Crippen LogP contribution is -3.00. The lowest BCUT2D eigenvalue weighted by Gasteiger charge is -2.40. The van der Waals surface area contributed by atoms with Crippen molar-refractivity contribution in [2.75, 3.05) is 19.8 Å². The lowest BCUT2D eigenvalue weighted by atomic mass is 10.0. The molecule has 182 valence electrons. The fraction of sp³-hybridized carbons (Fsp3) is 0.857. The van der Waals surface area contributed by atoms with Crippen molar-refractivity contribution in [3.05, 3.63) is 0 Å². The zero-order valence-corrected chi connectivity index (χ0v) is 20.5. The van der Waals surface area contributed by atoms with Gasteiger partial charge in [0.15, 0.2) is 24.6 Å². The Kier molecular flexibility index (Phi) is 16.7. The fourth-order valence-corrected chi connectivity index (χ4v) is 3.00. The summed E-state index contributed by atoms with van der Waals surface area (Å²) in [6.07, 6.45) is 0.364. The number of ether oxygens (including phenoxy) is 5. The number of unbranched alkanes of at least 4 members (excludes halogenated alkanes) is 1. The highest BCUT2D eigenvalue weighted by molar-refractivity contribution is 5.71. The summed E-state index contributed by atoms with van der Waals surface area (Å²) in [5, 5.41) is 0. The van der Waals surface area contributed by atoms with Gasteiger partial charge in [0.25, 0.3) is 0 Å². The standard InChI is InChI=1S/C21H37NO8.BrH/c1-4-9-16(23)28-15-14-27-21(26-13-8-7-12-22)20(30-18(25)11-6-3)19(15)29-17(24)10-5-2;/h15,19-21H,4-14,22H2,1-3H3;1H/t15-,19+,20-,21?;/m1./s1. The van der Waals surface area contributed by atoms with Gasteiger partial charge in [0.05, 0.1) is 19.8 Å². The number of rotatable bonds is 14. The van der Waals surface area contributed by atoms with Gasteiger partial charge in [-0.2, -0.15) is 0 Å². The van der Waals surface area contributed by atoms with E-state index in [-0.39, 0.29) is 42.9 Å². The van der Waals surface area contributed by atoms with Crippen LogP contribution in [-0.2, 0) is 38.1 Å². The number of carbonyl (C=O) groups is 3. The van der Waals surface area contributed by atoms with E-state index in [1.54, 1.807) is 0 Å². The number of halogens is 1. The number of hydrogen-bond acceptors (Lipinski definition) is 8. The molecule has 0 aromatic heterocycles. The molecule has 1 rings (SSSR count). The third kappa shape index (κ3) is 11.3. The number of esters is 3. The Morgan fingerprint density at radius 1 is 0.839 bits per heavy atom. The largest absolute Gasteiger partial charge is 1.00 e. The minimum atomic E-state index is -1.02. The zero-order valence-electron chi connectivity index (χ0n) is 18.9. The molecule has 0 aromatic carbocycles. The van der Waals surface area contributed by atoms with Gasteiger partial charge in [-0.15, -0.1) is 0 Å². The second kappa shape index (κ2) is 17.3. The fourth-order valence-electron chi connectivity index (χ4n) is 3.00. The van der Waals surface area contributed by atoms with E-state index in [9.17, 15) is 14.4 Å². The molecular weight excluding hydrogens is 474 g/mol. The highest BCUT2D eigenvalue weighted by Crippen LogP contribution is 2.26. The van der Waals surface area contributed by atoms with Gasteiger partial charge in [-0.3, -0.25) is 14.4 Å². The second-order valence-electron chi connectivity index (χ2n) is 7.32. The number of quaternary nitrogens is 1. The molecule has 1 aliphatic heterocycles. The van der Waals surface area contributed by atoms with E-state index < -0.39 is 42.5 Å². The van der Waals surface area contributed by atoms with Crippen molar-refractivity contribution in [1.82, 2.24) is 0 Å². The summed E-state index contributed by atoms with van der Waals surface area (Å²) < 4.78 is 28.2. The molecule has 0 radical (unpaired) electrons. The van der Waals surface area contributed by atoms with Crippen molar-refractivity contribution < 1.29 is 60.8 Å². The molecule has 1 heterocycles. The van der Waals surface area contributed by atoms with Crippen molar-refractivity contribution in [1.29, 1.82) is 0 Å². The summed E-state index contributed by atoms with van der Waals surface area (Å²) in [5.74, 6) is -1.32. The third-order valence-corrected chi connectivity index (χ3v) is 4.49. The third-order valence-electron chi connectivity index (χ3n) is 4.49. The molecule has 0 aromatic rings. The Morgan fingerprint density at radius 2 is 1.35 bits per heavy atom. The molecular formula is C21H38BrNO8. The van der Waals surface area contributed by atoms with Crippen LogP contribution in [-0.4, -0.2) is 62.3 Å². The Balaban J connectivity index is 0.00000900. The van der Waals surface area contributed by atoms with E-state index in [4.69, 9.17) is 23.7 Å². The predicted octanol–water partition coefficient (Wildman–Crippen LogP) is -1.48. The molecule has 1 saturated heterocycles. The van der Waals surface area contributed by atoms with Gasteiger partial charge in [0, 0.05) is 19.3 Å². The normalized spacial score (nSPS) is 22.8. The van der Waals surface area contributed by atoms with Crippen LogP contribution in [0.4, 0.5) is 0 Å². The van der Waals surface area contributed by atoms with Gasteiger partial charge in [0.1, 0.15) is 0 Å². The Morgan fingerprint density at radius 3 is 1.87 bits per heavy atom. The van der Waals surface area contributed by atoms with Crippen LogP contribution in [0.5, 0.6) is 0 Å². The first kappa shape index (κ1) is 29.8. The van der Waals surface area contributed by atoms with E-state index in [0.29, 0.717) is 25.9 Å². The van der Waals surface area contributed by atoms with E-state index in [2.05, 4.69) is 5.73 Å². The Labute approximate surface area is 195 Å². The molecule has 1 unspecified atom stereocenters. The Bertz CT molecular complexity index is 534. The topological polar surface area (TPSA) is 125 Å². The molecule has 1 aliphatic rings. The molecule has 10 heteroatoms. The van der Waals surface area contributed by atoms with Crippen molar-refractivity contribution in [2.45, 2.75) is 96.7 Å². The average molecular weight is 512 g/mol. The van der Waals surface area contributed by atoms with E-state index in [1.165, 1.54) is 0 Å². The molecule has 3 N–H and O–H groups in total. The van der Waals surface area contributed by atoms with Crippen LogP contribution in [0.25, 0.3) is 0 Å². The number of carbonyl (C=O) groups excluding carboxylic acids is 3. The second-order valence-corrected chi connectivity index (χ2v) is 7.32. The monoisotopic (exact) mass is 511 g/mol. The molecule has 1 fully saturated rings. The van der Waals surface area contributed by atoms with Crippen molar-refractivity contribution in [2.24, 2.45) is 0 Å². The average Bonchev–Trinajstić information content (AvgIpc) is 2.69. The highest BCUT2D eigenvalue weighted by Gasteiger charge is 2.48. The summed E-state index contributed by atoms with van der Waals surface area (Å²) in [6, 6.07) is 0. The highest BCUT2D eigenvalue weighted by atomic mass is 79.9. The van der Waals surface area contributed by atoms with Gasteiger partial charge < -0.3 is 46.4 Å². The molecule has 0 spiro atoms. The molecule has 9 nitrogen and oxygen atoms in total. The molecule has 0 amide bonds. The molecule has 4 atom stereocenters. The van der Waals surface area contributed by atoms with E-state index >= 15 is 0 Å². The van der Waals surface area contributed by atoms with Crippen LogP contribution in [0.2, 0.25) is 0 Å². The van der Waals surface area contributed by atoms with E-state index in [1.807, 2.05) is 20.8 Å². The minimum absolute atomic E-state index is 0. The summed E-state index contributed by atoms with van der Waals surface area (Å²) >= 11 is 0. The van der Waals surface area contributed by atoms with Crippen LogP contribution in [0.3, 0.4) is 0 Å². The van der Waals surface area contributed by atoms with Crippen molar-refractivity contribution >= 4 is 17.9 Å². The van der Waals surface area contributed by atoms with Crippen LogP contribution >= 0.6 is 0 Å². The molecule has 31 heavy (non-hydrogen) atoms. The van der Waals surface area contributed by atoms with E-state index in [0.717, 1.165) is 19.4 Å². The van der Waals surface area contributed by atoms with Crippen LogP contribution in [0.1, 0.15) is 72.1 Å². The van der Waals surface area contributed by atoms with Gasteiger partial charge in [0.2, 0.25) is 0 Å². The maximum absolute atomic E-state index is 12.2. The van der Waals surface area contributed by atoms with Gasteiger partial charge in [-0.05, 0) is 32.1 Å². The van der Waals surface area contributed by atoms with Gasteiger partial charge in [-0.1, -0.05) is 20.8 Å². The van der Waals surface area contributed by atoms with Crippen molar-refractivity contribution in [3.8, 4) is 0 Å². The predicted molar refractivity (Wildman–Crippen MR) is 107 cm³/mol. The summed E-state index contributed by atoms with van der Waals surface area (Å²) in [5.41, 5.74) is 3.80. The first-order valence-corrected chi connectivity index (χ1v) is 11.1. The van der Waals surface area contributed by atoms with Crippen LogP contribution in [0, 0.1) is 0 Å². The zero-order chi connectivity index (χ0) is 22.4. The van der Waals surface area contributed by atoms with Crippen LogP contribution in [0.15, 0.2) is 0 Å². The maximum atomic E-state index is 12.2. The first-order valence-electron chi connectivity index (χ1n) is 11.1. The summed E-state index contributed by atoms with van der Waals surface area (Å²) in [7, 11) is 0. The molecule has 0 bridgehead atoms. The van der Waals surface area contributed by atoms with Gasteiger partial charge in [-0.25, -0.2) is 0 Å². The lowest BCUT2D eigenvalue weighted by molar-refractivity contribution is -0.369. The van der Waals surface area contributed by atoms with Crippen LogP contribution < -0.4 is 22.7 Å². The SMILES string of the molecule is CCCC(=O)O[C@H]1[C@H](OC(=O)CCC)COC(OCCCC[NH3+])[C@@H]1OC(=O)CCC.[Br-]. The Hall–Kier alpha value is -1.23. The smallest absolute Gasteiger partial charge is 0.306 e. The first-order chi connectivity index (χ1) is 14.5. The summed E-state index contributed by atoms with van der Waals surface area (Å²) in [4.78, 5) is 36.5. The molecule has 0 saturated carbocycles.